The molecule has 1 N–H and O–H groups in total. The Morgan fingerprint density at radius 1 is 1.07 bits per heavy atom. The minimum atomic E-state index is -0.759. The maximum Gasteiger partial charge on any atom is 0.321 e. The lowest BCUT2D eigenvalue weighted by atomic mass is 10.1. The van der Waals surface area contributed by atoms with E-state index in [0.717, 1.165) is 23.0 Å². The molecule has 7 nitrogen and oxygen atoms in total. The van der Waals surface area contributed by atoms with E-state index in [0.29, 0.717) is 18.0 Å². The van der Waals surface area contributed by atoms with Crippen LogP contribution in [-0.4, -0.2) is 21.6 Å². The van der Waals surface area contributed by atoms with Crippen LogP contribution in [-0.2, 0) is 17.8 Å². The average Bonchev–Trinajstić information content (AvgIpc) is 3.15. The van der Waals surface area contributed by atoms with E-state index in [1.165, 1.54) is 22.5 Å². The zero-order valence-electron chi connectivity index (χ0n) is 16.7. The predicted octanol–water partition coefficient (Wildman–Crippen LogP) is 2.20. The number of nitrogens with zero attached hydrogens (tertiary/aromatic N) is 2. The minimum Gasteiger partial charge on any atom is -0.492 e. The van der Waals surface area contributed by atoms with E-state index in [-0.39, 0.29) is 18.5 Å². The monoisotopic (exact) mass is 405 g/mol. The largest absolute Gasteiger partial charge is 0.492 e. The molecule has 1 heterocycles. The summed E-state index contributed by atoms with van der Waals surface area (Å²) in [6.07, 6.45) is 4.68. The molecule has 3 aromatic rings. The number of hydrogen-bond donors (Lipinski definition) is 1. The van der Waals surface area contributed by atoms with Crippen LogP contribution in [0.1, 0.15) is 30.5 Å². The zero-order chi connectivity index (χ0) is 21.1. The number of para-hydroxylation sites is 2. The molecule has 2 aromatic carbocycles. The topological polar surface area (TPSA) is 82.3 Å². The highest BCUT2D eigenvalue weighted by molar-refractivity contribution is 5.76. The van der Waals surface area contributed by atoms with Crippen LogP contribution in [0.2, 0.25) is 0 Å². The van der Waals surface area contributed by atoms with Gasteiger partial charge in [0, 0.05) is 12.4 Å². The van der Waals surface area contributed by atoms with Gasteiger partial charge in [-0.1, -0.05) is 36.4 Å². The molecule has 1 unspecified atom stereocenters. The lowest BCUT2D eigenvalue weighted by molar-refractivity contribution is -0.122. The quantitative estimate of drug-likeness (QED) is 0.638. The summed E-state index contributed by atoms with van der Waals surface area (Å²) in [6, 6.07) is 15.0. The summed E-state index contributed by atoms with van der Waals surface area (Å²) in [6.45, 7) is 2.08. The fourth-order valence-corrected chi connectivity index (χ4v) is 3.86. The number of aromatic nitrogens is 2. The Morgan fingerprint density at radius 3 is 2.67 bits per heavy atom. The Kier molecular flexibility index (Phi) is 5.52. The van der Waals surface area contributed by atoms with Gasteiger partial charge in [0.15, 0.2) is 0 Å². The fraction of sp³-hybridized carbons (Fsp3) is 0.261. The number of benzene rings is 2. The standard InChI is InChI=1S/C23H23N3O4/c1-2-30-20-10-6-5-9-19(20)26-14-13-25(22(28)23(26)29)15-21(27)24-18-12-11-16-7-3-4-8-17(16)18/h3-10,13-14,18H,2,11-12,15H2,1H3,(H,24,27). The van der Waals surface area contributed by atoms with E-state index in [2.05, 4.69) is 11.4 Å². The molecule has 7 heteroatoms. The molecular weight excluding hydrogens is 382 g/mol. The SMILES string of the molecule is CCOc1ccccc1-n1ccn(CC(=O)NC2CCc3ccccc32)c(=O)c1=O. The first-order valence-electron chi connectivity index (χ1n) is 10.00. The number of nitrogens with one attached hydrogen (secondary N) is 1. The van der Waals surface area contributed by atoms with Crippen molar-refractivity contribution < 1.29 is 9.53 Å². The van der Waals surface area contributed by atoms with Gasteiger partial charge < -0.3 is 10.1 Å². The third-order valence-electron chi connectivity index (χ3n) is 5.26. The highest BCUT2D eigenvalue weighted by Crippen LogP contribution is 2.30. The molecule has 0 aliphatic heterocycles. The third-order valence-corrected chi connectivity index (χ3v) is 5.26. The summed E-state index contributed by atoms with van der Waals surface area (Å²) in [5.41, 5.74) is 1.34. The van der Waals surface area contributed by atoms with Gasteiger partial charge in [-0.3, -0.25) is 23.5 Å². The second kappa shape index (κ2) is 8.41. The average molecular weight is 405 g/mol. The molecule has 1 aromatic heterocycles. The van der Waals surface area contributed by atoms with Crippen LogP contribution in [0.3, 0.4) is 0 Å². The molecule has 30 heavy (non-hydrogen) atoms. The summed E-state index contributed by atoms with van der Waals surface area (Å²) in [7, 11) is 0. The predicted molar refractivity (Wildman–Crippen MR) is 113 cm³/mol. The Balaban J connectivity index is 1.54. The number of aryl methyl sites for hydroxylation is 1. The zero-order valence-corrected chi connectivity index (χ0v) is 16.7. The van der Waals surface area contributed by atoms with Crippen molar-refractivity contribution in [3.63, 3.8) is 0 Å². The van der Waals surface area contributed by atoms with E-state index in [1.807, 2.05) is 25.1 Å². The molecule has 0 spiro atoms. The summed E-state index contributed by atoms with van der Waals surface area (Å²) in [5, 5.41) is 2.97. The smallest absolute Gasteiger partial charge is 0.321 e. The van der Waals surface area contributed by atoms with Crippen LogP contribution >= 0.6 is 0 Å². The first-order chi connectivity index (χ1) is 14.6. The molecule has 0 saturated carbocycles. The number of ether oxygens (including phenoxy) is 1. The van der Waals surface area contributed by atoms with Gasteiger partial charge in [-0.15, -0.1) is 0 Å². The van der Waals surface area contributed by atoms with Crippen LogP contribution in [0, 0.1) is 0 Å². The van der Waals surface area contributed by atoms with Crippen molar-refractivity contribution in [3.8, 4) is 11.4 Å². The molecule has 0 fully saturated rings. The molecular formula is C23H23N3O4. The van der Waals surface area contributed by atoms with Crippen molar-refractivity contribution in [1.82, 2.24) is 14.5 Å². The number of rotatable bonds is 6. The number of fused-ring (bicyclic) bond motifs is 1. The van der Waals surface area contributed by atoms with Gasteiger partial charge in [-0.05, 0) is 43.0 Å². The van der Waals surface area contributed by atoms with Crippen molar-refractivity contribution in [2.24, 2.45) is 0 Å². The summed E-state index contributed by atoms with van der Waals surface area (Å²) in [5.74, 6) is 0.211. The second-order valence-electron chi connectivity index (χ2n) is 7.16. The Hall–Kier alpha value is -3.61. The van der Waals surface area contributed by atoms with E-state index >= 15 is 0 Å². The van der Waals surface area contributed by atoms with Crippen LogP contribution in [0.4, 0.5) is 0 Å². The number of amides is 1. The first-order valence-corrected chi connectivity index (χ1v) is 10.00. The van der Waals surface area contributed by atoms with Gasteiger partial charge >= 0.3 is 11.1 Å². The number of carbonyl (C=O) groups excluding carboxylic acids is 1. The van der Waals surface area contributed by atoms with Gasteiger partial charge in [0.1, 0.15) is 12.3 Å². The summed E-state index contributed by atoms with van der Waals surface area (Å²) >= 11 is 0. The van der Waals surface area contributed by atoms with Crippen LogP contribution in [0.25, 0.3) is 5.69 Å². The van der Waals surface area contributed by atoms with Gasteiger partial charge in [0.05, 0.1) is 18.3 Å². The van der Waals surface area contributed by atoms with Gasteiger partial charge in [0.2, 0.25) is 5.91 Å². The Bertz CT molecular complexity index is 1200. The third kappa shape index (κ3) is 3.78. The molecule has 0 radical (unpaired) electrons. The molecule has 1 atom stereocenters. The lowest BCUT2D eigenvalue weighted by Gasteiger charge is -2.15. The molecule has 4 rings (SSSR count). The fourth-order valence-electron chi connectivity index (χ4n) is 3.86. The molecule has 1 aliphatic carbocycles. The number of hydrogen-bond acceptors (Lipinski definition) is 4. The van der Waals surface area contributed by atoms with Gasteiger partial charge in [0.25, 0.3) is 0 Å². The molecule has 0 bridgehead atoms. The number of carbonyl (C=O) groups is 1. The minimum absolute atomic E-state index is 0.0668. The van der Waals surface area contributed by atoms with Crippen molar-refractivity contribution >= 4 is 5.91 Å². The van der Waals surface area contributed by atoms with E-state index in [9.17, 15) is 14.4 Å². The van der Waals surface area contributed by atoms with Crippen molar-refractivity contribution in [3.05, 3.63) is 92.8 Å². The normalized spacial score (nSPS) is 14.9. The summed E-state index contributed by atoms with van der Waals surface area (Å²) < 4.78 is 7.93. The summed E-state index contributed by atoms with van der Waals surface area (Å²) in [4.78, 5) is 37.8. The van der Waals surface area contributed by atoms with Crippen molar-refractivity contribution in [1.29, 1.82) is 0 Å². The van der Waals surface area contributed by atoms with E-state index < -0.39 is 11.1 Å². The molecule has 1 aliphatic rings. The maximum atomic E-state index is 12.7. The molecule has 1 amide bonds. The lowest BCUT2D eigenvalue weighted by Crippen LogP contribution is -2.43. The van der Waals surface area contributed by atoms with E-state index in [4.69, 9.17) is 4.74 Å². The first kappa shape index (κ1) is 19.7. The van der Waals surface area contributed by atoms with Crippen molar-refractivity contribution in [2.75, 3.05) is 6.61 Å². The van der Waals surface area contributed by atoms with E-state index in [1.54, 1.807) is 24.3 Å². The van der Waals surface area contributed by atoms with Crippen LogP contribution in [0.15, 0.2) is 70.5 Å². The van der Waals surface area contributed by atoms with Crippen molar-refractivity contribution in [2.45, 2.75) is 32.4 Å². The van der Waals surface area contributed by atoms with Crippen LogP contribution in [0.5, 0.6) is 5.75 Å². The highest BCUT2D eigenvalue weighted by atomic mass is 16.5. The van der Waals surface area contributed by atoms with Gasteiger partial charge in [-0.2, -0.15) is 0 Å². The van der Waals surface area contributed by atoms with Gasteiger partial charge in [-0.25, -0.2) is 0 Å². The van der Waals surface area contributed by atoms with Crippen LogP contribution < -0.4 is 21.2 Å². The molecule has 0 saturated heterocycles. The Labute approximate surface area is 173 Å². The second-order valence-corrected chi connectivity index (χ2v) is 7.16. The Morgan fingerprint density at radius 2 is 1.83 bits per heavy atom. The maximum absolute atomic E-state index is 12.7. The molecule has 154 valence electrons. The highest BCUT2D eigenvalue weighted by Gasteiger charge is 2.23.